The fourth-order valence-corrected chi connectivity index (χ4v) is 1.37. The van der Waals surface area contributed by atoms with Gasteiger partial charge >= 0.3 is 0 Å². The van der Waals surface area contributed by atoms with Gasteiger partial charge in [-0.05, 0) is 18.8 Å². The second kappa shape index (κ2) is 2.00. The van der Waals surface area contributed by atoms with E-state index in [0.29, 0.717) is 5.92 Å². The van der Waals surface area contributed by atoms with Gasteiger partial charge in [-0.1, -0.05) is 13.3 Å². The number of hydrogen-bond acceptors (Lipinski definition) is 2. The van der Waals surface area contributed by atoms with Crippen molar-refractivity contribution in [3.05, 3.63) is 0 Å². The summed E-state index contributed by atoms with van der Waals surface area (Å²) in [5, 5.41) is 8.62. The van der Waals surface area contributed by atoms with Crippen LogP contribution in [0.5, 0.6) is 0 Å². The summed E-state index contributed by atoms with van der Waals surface area (Å²) in [6.07, 6.45) is 3.11. The van der Waals surface area contributed by atoms with Crippen LogP contribution in [0.4, 0.5) is 0 Å². The zero-order chi connectivity index (χ0) is 6.91. The van der Waals surface area contributed by atoms with E-state index < -0.39 is 5.54 Å². The summed E-state index contributed by atoms with van der Waals surface area (Å²) in [6.45, 7) is 2.05. The fourth-order valence-electron chi connectivity index (χ4n) is 1.37. The summed E-state index contributed by atoms with van der Waals surface area (Å²) in [5.41, 5.74) is 5.24. The van der Waals surface area contributed by atoms with Crippen LogP contribution in [0.3, 0.4) is 0 Å². The zero-order valence-corrected chi connectivity index (χ0v) is 5.72. The predicted octanol–water partition coefficient (Wildman–Crippen LogP) is 1.03. The highest BCUT2D eigenvalue weighted by molar-refractivity contribution is 5.10. The SMILES string of the molecule is C[C@H]1CCC[C@]1(N)C#N. The molecule has 0 aromatic heterocycles. The van der Waals surface area contributed by atoms with Gasteiger partial charge < -0.3 is 5.73 Å². The van der Waals surface area contributed by atoms with Crippen molar-refractivity contribution in [2.45, 2.75) is 31.7 Å². The molecule has 50 valence electrons. The van der Waals surface area contributed by atoms with Gasteiger partial charge in [0.05, 0.1) is 6.07 Å². The van der Waals surface area contributed by atoms with Gasteiger partial charge in [0.2, 0.25) is 0 Å². The van der Waals surface area contributed by atoms with Gasteiger partial charge in [-0.25, -0.2) is 0 Å². The molecule has 1 fully saturated rings. The molecule has 1 aliphatic carbocycles. The molecular weight excluding hydrogens is 112 g/mol. The minimum absolute atomic E-state index is 0.391. The second-order valence-electron chi connectivity index (χ2n) is 2.95. The van der Waals surface area contributed by atoms with E-state index >= 15 is 0 Å². The van der Waals surface area contributed by atoms with Crippen LogP contribution in [0.25, 0.3) is 0 Å². The second-order valence-corrected chi connectivity index (χ2v) is 2.95. The number of rotatable bonds is 0. The average Bonchev–Trinajstić information content (AvgIpc) is 2.15. The topological polar surface area (TPSA) is 49.8 Å². The lowest BCUT2D eigenvalue weighted by molar-refractivity contribution is 0.430. The van der Waals surface area contributed by atoms with Crippen LogP contribution in [-0.2, 0) is 0 Å². The van der Waals surface area contributed by atoms with Crippen LogP contribution in [0.15, 0.2) is 0 Å². The molecule has 0 aromatic rings. The Hall–Kier alpha value is -0.550. The van der Waals surface area contributed by atoms with E-state index in [0.717, 1.165) is 19.3 Å². The Morgan fingerprint density at radius 3 is 2.67 bits per heavy atom. The lowest BCUT2D eigenvalue weighted by Crippen LogP contribution is -2.40. The summed E-state index contributed by atoms with van der Waals surface area (Å²) < 4.78 is 0. The van der Waals surface area contributed by atoms with Gasteiger partial charge in [0.15, 0.2) is 0 Å². The highest BCUT2D eigenvalue weighted by Crippen LogP contribution is 2.32. The molecule has 2 atom stereocenters. The van der Waals surface area contributed by atoms with Crippen LogP contribution in [0.2, 0.25) is 0 Å². The average molecular weight is 124 g/mol. The van der Waals surface area contributed by atoms with Gasteiger partial charge in [0.25, 0.3) is 0 Å². The normalized spacial score (nSPS) is 42.6. The van der Waals surface area contributed by atoms with Crippen LogP contribution in [0.1, 0.15) is 26.2 Å². The van der Waals surface area contributed by atoms with Crippen molar-refractivity contribution in [1.29, 1.82) is 5.26 Å². The summed E-state index contributed by atoms with van der Waals surface area (Å²) in [4.78, 5) is 0. The molecular formula is C7H12N2. The third-order valence-electron chi connectivity index (χ3n) is 2.32. The molecule has 2 nitrogen and oxygen atoms in total. The quantitative estimate of drug-likeness (QED) is 0.524. The summed E-state index contributed by atoms with van der Waals surface area (Å²) in [7, 11) is 0. The van der Waals surface area contributed by atoms with Gasteiger partial charge in [-0.2, -0.15) is 5.26 Å². The molecule has 1 aliphatic rings. The fraction of sp³-hybridized carbons (Fsp3) is 0.857. The Labute approximate surface area is 55.7 Å². The Balaban J connectivity index is 2.70. The van der Waals surface area contributed by atoms with Gasteiger partial charge in [0, 0.05) is 0 Å². The first kappa shape index (κ1) is 6.57. The predicted molar refractivity (Wildman–Crippen MR) is 35.5 cm³/mol. The molecule has 0 aliphatic heterocycles. The van der Waals surface area contributed by atoms with E-state index in [4.69, 9.17) is 11.0 Å². The number of hydrogen-bond donors (Lipinski definition) is 1. The van der Waals surface area contributed by atoms with Gasteiger partial charge in [-0.15, -0.1) is 0 Å². The van der Waals surface area contributed by atoms with E-state index in [9.17, 15) is 0 Å². The van der Waals surface area contributed by atoms with Crippen molar-refractivity contribution >= 4 is 0 Å². The van der Waals surface area contributed by atoms with Gasteiger partial charge in [0.1, 0.15) is 5.54 Å². The third kappa shape index (κ3) is 0.927. The molecule has 0 bridgehead atoms. The van der Waals surface area contributed by atoms with Crippen molar-refractivity contribution in [2.75, 3.05) is 0 Å². The highest BCUT2D eigenvalue weighted by atomic mass is 14.8. The number of nitrogens with two attached hydrogens (primary N) is 1. The summed E-state index contributed by atoms with van der Waals surface area (Å²) in [5.74, 6) is 0.391. The zero-order valence-electron chi connectivity index (χ0n) is 5.72. The minimum atomic E-state index is -0.500. The molecule has 0 spiro atoms. The Morgan fingerprint density at radius 1 is 1.78 bits per heavy atom. The van der Waals surface area contributed by atoms with Crippen LogP contribution in [-0.4, -0.2) is 5.54 Å². The minimum Gasteiger partial charge on any atom is -0.313 e. The number of nitrogens with zero attached hydrogens (tertiary/aromatic N) is 1. The first-order valence-electron chi connectivity index (χ1n) is 3.39. The molecule has 0 amide bonds. The van der Waals surface area contributed by atoms with E-state index in [1.807, 2.05) is 0 Å². The maximum absolute atomic E-state index is 8.62. The molecule has 9 heavy (non-hydrogen) atoms. The van der Waals surface area contributed by atoms with E-state index in [1.165, 1.54) is 0 Å². The van der Waals surface area contributed by atoms with Crippen LogP contribution < -0.4 is 5.73 Å². The molecule has 1 rings (SSSR count). The van der Waals surface area contributed by atoms with Crippen molar-refractivity contribution in [3.63, 3.8) is 0 Å². The lowest BCUT2D eigenvalue weighted by atomic mass is 9.92. The molecule has 1 saturated carbocycles. The number of nitriles is 1. The summed E-state index contributed by atoms with van der Waals surface area (Å²) >= 11 is 0. The van der Waals surface area contributed by atoms with E-state index in [1.54, 1.807) is 0 Å². The van der Waals surface area contributed by atoms with E-state index in [2.05, 4.69) is 13.0 Å². The maximum atomic E-state index is 8.62. The lowest BCUT2D eigenvalue weighted by Gasteiger charge is -2.18. The molecule has 2 heteroatoms. The molecule has 0 aromatic carbocycles. The van der Waals surface area contributed by atoms with Crippen molar-refractivity contribution in [1.82, 2.24) is 0 Å². The largest absolute Gasteiger partial charge is 0.313 e. The molecule has 0 saturated heterocycles. The maximum Gasteiger partial charge on any atom is 0.106 e. The third-order valence-corrected chi connectivity index (χ3v) is 2.32. The Morgan fingerprint density at radius 2 is 2.44 bits per heavy atom. The molecule has 0 unspecified atom stereocenters. The van der Waals surface area contributed by atoms with Crippen LogP contribution in [0, 0.1) is 17.2 Å². The van der Waals surface area contributed by atoms with Crippen molar-refractivity contribution in [2.24, 2.45) is 11.7 Å². The monoisotopic (exact) mass is 124 g/mol. The molecule has 0 radical (unpaired) electrons. The molecule has 0 heterocycles. The molecule has 2 N–H and O–H groups in total. The highest BCUT2D eigenvalue weighted by Gasteiger charge is 2.36. The van der Waals surface area contributed by atoms with Crippen molar-refractivity contribution < 1.29 is 0 Å². The smallest absolute Gasteiger partial charge is 0.106 e. The first-order valence-corrected chi connectivity index (χ1v) is 3.39. The van der Waals surface area contributed by atoms with Crippen molar-refractivity contribution in [3.8, 4) is 6.07 Å². The van der Waals surface area contributed by atoms with Gasteiger partial charge in [-0.3, -0.25) is 0 Å². The Bertz CT molecular complexity index is 147. The Kier molecular flexibility index (Phi) is 1.46. The van der Waals surface area contributed by atoms with E-state index in [-0.39, 0.29) is 0 Å². The summed E-state index contributed by atoms with van der Waals surface area (Å²) in [6, 6.07) is 2.17. The first-order chi connectivity index (χ1) is 4.19. The standard InChI is InChI=1S/C7H12N2/c1-6-3-2-4-7(6,9)5-8/h6H,2-4,9H2,1H3/t6-,7-/m0/s1. The van der Waals surface area contributed by atoms with Crippen LogP contribution >= 0.6 is 0 Å².